The number of rotatable bonds is 3. The second kappa shape index (κ2) is 5.76. The quantitative estimate of drug-likeness (QED) is 0.812. The predicted molar refractivity (Wildman–Crippen MR) is 73.6 cm³/mol. The van der Waals surface area contributed by atoms with Gasteiger partial charge in [0.1, 0.15) is 0 Å². The van der Waals surface area contributed by atoms with E-state index in [1.807, 2.05) is 13.8 Å². The molecule has 0 spiro atoms. The first-order valence-corrected chi connectivity index (χ1v) is 6.85. The zero-order chi connectivity index (χ0) is 13.1. The Kier molecular flexibility index (Phi) is 4.30. The first-order chi connectivity index (χ1) is 8.60. The first-order valence-electron chi connectivity index (χ1n) is 6.85. The van der Waals surface area contributed by atoms with Crippen molar-refractivity contribution >= 4 is 0 Å². The number of hydrogen-bond acceptors (Lipinski definition) is 4. The van der Waals surface area contributed by atoms with Gasteiger partial charge in [-0.2, -0.15) is 0 Å². The molecular weight excluding hydrogens is 224 g/mol. The summed E-state index contributed by atoms with van der Waals surface area (Å²) in [4.78, 5) is 14.2. The minimum Gasteiger partial charge on any atom is -0.301 e. The Hall–Kier alpha value is -1.00. The van der Waals surface area contributed by atoms with E-state index in [1.165, 1.54) is 13.1 Å². The molecule has 1 saturated heterocycles. The lowest BCUT2D eigenvalue weighted by atomic mass is 10.2. The van der Waals surface area contributed by atoms with E-state index in [-0.39, 0.29) is 0 Å². The van der Waals surface area contributed by atoms with Crippen molar-refractivity contribution < 1.29 is 0 Å². The van der Waals surface area contributed by atoms with Gasteiger partial charge >= 0.3 is 0 Å². The van der Waals surface area contributed by atoms with Gasteiger partial charge in [-0.15, -0.1) is 0 Å². The van der Waals surface area contributed by atoms with Crippen LogP contribution in [0.4, 0.5) is 0 Å². The summed E-state index contributed by atoms with van der Waals surface area (Å²) in [7, 11) is 0. The van der Waals surface area contributed by atoms with Crippen molar-refractivity contribution in [3.8, 4) is 0 Å². The maximum atomic E-state index is 4.69. The highest BCUT2D eigenvalue weighted by molar-refractivity contribution is 5.17. The first kappa shape index (κ1) is 13.4. The molecule has 0 aliphatic carbocycles. The van der Waals surface area contributed by atoms with Gasteiger partial charge in [-0.05, 0) is 27.3 Å². The van der Waals surface area contributed by atoms with Crippen LogP contribution in [0.25, 0.3) is 0 Å². The maximum absolute atomic E-state index is 4.69. The fourth-order valence-electron chi connectivity index (χ4n) is 2.39. The van der Waals surface area contributed by atoms with Crippen LogP contribution < -0.4 is 0 Å². The molecule has 4 heteroatoms. The van der Waals surface area contributed by atoms with Crippen LogP contribution in [0, 0.1) is 20.8 Å². The summed E-state index contributed by atoms with van der Waals surface area (Å²) in [6, 6.07) is 0. The van der Waals surface area contributed by atoms with Crippen LogP contribution in [0.3, 0.4) is 0 Å². The molecule has 0 N–H and O–H groups in total. The highest BCUT2D eigenvalue weighted by Crippen LogP contribution is 2.11. The molecule has 0 bridgehead atoms. The van der Waals surface area contributed by atoms with E-state index in [0.717, 1.165) is 49.0 Å². The van der Waals surface area contributed by atoms with Crippen LogP contribution in [-0.4, -0.2) is 52.5 Å². The number of aromatic nitrogens is 2. The largest absolute Gasteiger partial charge is 0.301 e. The van der Waals surface area contributed by atoms with Gasteiger partial charge in [-0.3, -0.25) is 14.9 Å². The zero-order valence-corrected chi connectivity index (χ0v) is 12.0. The molecule has 0 radical (unpaired) electrons. The Labute approximate surface area is 110 Å². The van der Waals surface area contributed by atoms with E-state index in [0.29, 0.717) is 0 Å². The molecule has 18 heavy (non-hydrogen) atoms. The molecule has 1 aliphatic heterocycles. The normalized spacial score (nSPS) is 18.2. The SMILES string of the molecule is CCN1CCN(Cc2nc(C)c(C)nc2C)CC1. The molecule has 1 aromatic rings. The lowest BCUT2D eigenvalue weighted by molar-refractivity contribution is 0.130. The fourth-order valence-corrected chi connectivity index (χ4v) is 2.39. The topological polar surface area (TPSA) is 32.3 Å². The molecule has 100 valence electrons. The Morgan fingerprint density at radius 2 is 1.39 bits per heavy atom. The highest BCUT2D eigenvalue weighted by atomic mass is 15.3. The molecule has 1 aliphatic rings. The number of hydrogen-bond donors (Lipinski definition) is 0. The third kappa shape index (κ3) is 3.06. The molecule has 1 fully saturated rings. The number of piperazine rings is 1. The summed E-state index contributed by atoms with van der Waals surface area (Å²) < 4.78 is 0. The van der Waals surface area contributed by atoms with Crippen molar-refractivity contribution in [1.29, 1.82) is 0 Å². The smallest absolute Gasteiger partial charge is 0.0759 e. The lowest BCUT2D eigenvalue weighted by Gasteiger charge is -2.33. The maximum Gasteiger partial charge on any atom is 0.0759 e. The second-order valence-corrected chi connectivity index (χ2v) is 5.14. The molecule has 2 rings (SSSR count). The summed E-state index contributed by atoms with van der Waals surface area (Å²) >= 11 is 0. The number of nitrogens with zero attached hydrogens (tertiary/aromatic N) is 4. The number of likely N-dealkylation sites (N-methyl/N-ethyl adjacent to an activating group) is 1. The average Bonchev–Trinajstić information content (AvgIpc) is 2.37. The predicted octanol–water partition coefficient (Wildman–Crippen LogP) is 1.54. The summed E-state index contributed by atoms with van der Waals surface area (Å²) in [6.45, 7) is 15.1. The third-order valence-corrected chi connectivity index (χ3v) is 3.86. The van der Waals surface area contributed by atoms with Crippen molar-refractivity contribution in [1.82, 2.24) is 19.8 Å². The van der Waals surface area contributed by atoms with Gasteiger partial charge in [-0.1, -0.05) is 6.92 Å². The van der Waals surface area contributed by atoms with Crippen molar-refractivity contribution in [2.24, 2.45) is 0 Å². The van der Waals surface area contributed by atoms with Gasteiger partial charge in [-0.25, -0.2) is 0 Å². The van der Waals surface area contributed by atoms with Crippen molar-refractivity contribution in [3.63, 3.8) is 0 Å². The van der Waals surface area contributed by atoms with E-state index < -0.39 is 0 Å². The number of aryl methyl sites for hydroxylation is 3. The van der Waals surface area contributed by atoms with Gasteiger partial charge in [0, 0.05) is 32.7 Å². The van der Waals surface area contributed by atoms with Crippen LogP contribution in [0.2, 0.25) is 0 Å². The van der Waals surface area contributed by atoms with E-state index >= 15 is 0 Å². The Balaban J connectivity index is 2.00. The standard InChI is InChI=1S/C14H24N4/c1-5-17-6-8-18(9-7-17)10-14-13(4)15-11(2)12(3)16-14/h5-10H2,1-4H3. The van der Waals surface area contributed by atoms with Gasteiger partial charge in [0.05, 0.1) is 22.8 Å². The third-order valence-electron chi connectivity index (χ3n) is 3.86. The van der Waals surface area contributed by atoms with E-state index in [4.69, 9.17) is 0 Å². The molecule has 1 aromatic heterocycles. The summed E-state index contributed by atoms with van der Waals surface area (Å²) in [5.41, 5.74) is 4.33. The molecule has 0 saturated carbocycles. The van der Waals surface area contributed by atoms with Gasteiger partial charge < -0.3 is 4.90 Å². The molecule has 0 amide bonds. The highest BCUT2D eigenvalue weighted by Gasteiger charge is 2.17. The van der Waals surface area contributed by atoms with Crippen molar-refractivity contribution in [2.45, 2.75) is 34.2 Å². The summed E-state index contributed by atoms with van der Waals surface area (Å²) in [5, 5.41) is 0. The van der Waals surface area contributed by atoms with Crippen molar-refractivity contribution in [2.75, 3.05) is 32.7 Å². The molecular formula is C14H24N4. The minimum absolute atomic E-state index is 0.942. The summed E-state index contributed by atoms with van der Waals surface area (Å²) in [5.74, 6) is 0. The zero-order valence-electron chi connectivity index (χ0n) is 12.0. The fraction of sp³-hybridized carbons (Fsp3) is 0.714. The van der Waals surface area contributed by atoms with E-state index in [9.17, 15) is 0 Å². The van der Waals surface area contributed by atoms with Gasteiger partial charge in [0.25, 0.3) is 0 Å². The average molecular weight is 248 g/mol. The van der Waals surface area contributed by atoms with Gasteiger partial charge in [0.15, 0.2) is 0 Å². The molecule has 4 nitrogen and oxygen atoms in total. The van der Waals surface area contributed by atoms with Gasteiger partial charge in [0.2, 0.25) is 0 Å². The Bertz CT molecular complexity index is 409. The Morgan fingerprint density at radius 1 is 0.833 bits per heavy atom. The minimum atomic E-state index is 0.942. The monoisotopic (exact) mass is 248 g/mol. The van der Waals surface area contributed by atoms with E-state index in [2.05, 4.69) is 33.6 Å². The summed E-state index contributed by atoms with van der Waals surface area (Å²) in [6.07, 6.45) is 0. The molecule has 2 heterocycles. The van der Waals surface area contributed by atoms with Crippen LogP contribution >= 0.6 is 0 Å². The van der Waals surface area contributed by atoms with Crippen LogP contribution in [0.5, 0.6) is 0 Å². The molecule has 0 atom stereocenters. The van der Waals surface area contributed by atoms with Crippen LogP contribution in [-0.2, 0) is 6.54 Å². The molecule has 0 unspecified atom stereocenters. The second-order valence-electron chi connectivity index (χ2n) is 5.14. The molecule has 0 aromatic carbocycles. The van der Waals surface area contributed by atoms with Crippen molar-refractivity contribution in [3.05, 3.63) is 22.8 Å². The van der Waals surface area contributed by atoms with Crippen LogP contribution in [0.1, 0.15) is 29.7 Å². The van der Waals surface area contributed by atoms with Crippen LogP contribution in [0.15, 0.2) is 0 Å². The Morgan fingerprint density at radius 3 is 2.00 bits per heavy atom. The van der Waals surface area contributed by atoms with E-state index in [1.54, 1.807) is 0 Å². The lowest BCUT2D eigenvalue weighted by Crippen LogP contribution is -2.45.